The van der Waals surface area contributed by atoms with Crippen molar-refractivity contribution in [3.63, 3.8) is 0 Å². The van der Waals surface area contributed by atoms with Crippen molar-refractivity contribution in [1.82, 2.24) is 25.1 Å². The van der Waals surface area contributed by atoms with Gasteiger partial charge in [0.05, 0.1) is 11.9 Å². The molecule has 2 aromatic heterocycles. The number of aromatic nitrogens is 3. The number of nitrogens with zero attached hydrogens (tertiary/aromatic N) is 5. The van der Waals surface area contributed by atoms with Crippen LogP contribution in [0.5, 0.6) is 0 Å². The topological polar surface area (TPSA) is 92.5 Å². The first-order valence-electron chi connectivity index (χ1n) is 9.28. The Labute approximate surface area is 167 Å². The van der Waals surface area contributed by atoms with Crippen LogP contribution in [0.25, 0.3) is 16.9 Å². The molecule has 1 unspecified atom stereocenters. The first kappa shape index (κ1) is 18.5. The van der Waals surface area contributed by atoms with E-state index in [1.165, 1.54) is 6.21 Å². The highest BCUT2D eigenvalue weighted by atomic mass is 16.2. The van der Waals surface area contributed by atoms with E-state index in [0.717, 1.165) is 16.3 Å². The number of para-hydroxylation sites is 1. The van der Waals surface area contributed by atoms with Gasteiger partial charge in [-0.3, -0.25) is 9.78 Å². The molecule has 3 aromatic rings. The predicted molar refractivity (Wildman–Crippen MR) is 108 cm³/mol. The lowest BCUT2D eigenvalue weighted by Gasteiger charge is -2.17. The van der Waals surface area contributed by atoms with Crippen molar-refractivity contribution in [2.75, 3.05) is 0 Å². The second-order valence-corrected chi connectivity index (χ2v) is 6.93. The number of amides is 3. The summed E-state index contributed by atoms with van der Waals surface area (Å²) in [6, 6.07) is 12.8. The largest absolute Gasteiger partial charge is 0.346 e. The molecule has 3 heterocycles. The van der Waals surface area contributed by atoms with Crippen molar-refractivity contribution in [3.8, 4) is 16.9 Å². The van der Waals surface area contributed by atoms with Crippen molar-refractivity contribution in [3.05, 3.63) is 66.6 Å². The van der Waals surface area contributed by atoms with Crippen LogP contribution in [-0.2, 0) is 4.79 Å². The van der Waals surface area contributed by atoms with Gasteiger partial charge < -0.3 is 5.32 Å². The number of rotatable bonds is 5. The van der Waals surface area contributed by atoms with Crippen molar-refractivity contribution in [2.45, 2.75) is 25.8 Å². The number of hydrazone groups is 1. The summed E-state index contributed by atoms with van der Waals surface area (Å²) in [6.45, 7) is 3.53. The van der Waals surface area contributed by atoms with Gasteiger partial charge in [-0.15, -0.1) is 5.01 Å². The number of urea groups is 1. The summed E-state index contributed by atoms with van der Waals surface area (Å²) < 4.78 is 1.73. The minimum atomic E-state index is -0.936. The number of nitrogens with one attached hydrogen (secondary N) is 1. The normalized spacial score (nSPS) is 19.2. The Hall–Kier alpha value is -3.81. The molecule has 3 amide bonds. The summed E-state index contributed by atoms with van der Waals surface area (Å²) >= 11 is 0. The fraction of sp³-hybridized carbons (Fsp3) is 0.190. The lowest BCUT2D eigenvalue weighted by atomic mass is 10.00. The van der Waals surface area contributed by atoms with Crippen LogP contribution in [0.15, 0.2) is 66.2 Å². The number of hydrogen-bond acceptors (Lipinski definition) is 5. The zero-order valence-corrected chi connectivity index (χ0v) is 16.1. The molecule has 1 fully saturated rings. The van der Waals surface area contributed by atoms with Crippen molar-refractivity contribution in [1.29, 1.82) is 0 Å². The third-order valence-corrected chi connectivity index (χ3v) is 4.96. The molecule has 0 aliphatic carbocycles. The highest BCUT2D eigenvalue weighted by Crippen LogP contribution is 2.24. The van der Waals surface area contributed by atoms with Gasteiger partial charge in [-0.25, -0.2) is 9.48 Å². The standard InChI is InChI=1S/C21H20N6O2/c1-3-21(2)19(28)27(20(29)24-21)23-13-16-14-26(17-9-5-4-6-10-17)25-18(16)15-8-7-11-22-12-15/h4-14H,3H2,1-2H3,(H,24,29). The molecule has 0 radical (unpaired) electrons. The van der Waals surface area contributed by atoms with Gasteiger partial charge >= 0.3 is 6.03 Å². The second-order valence-electron chi connectivity index (χ2n) is 6.93. The van der Waals surface area contributed by atoms with E-state index in [2.05, 4.69) is 20.5 Å². The second kappa shape index (κ2) is 7.31. The third-order valence-electron chi connectivity index (χ3n) is 4.96. The third kappa shape index (κ3) is 3.40. The predicted octanol–water partition coefficient (Wildman–Crippen LogP) is 2.99. The minimum absolute atomic E-state index is 0.375. The van der Waals surface area contributed by atoms with Crippen molar-refractivity contribution < 1.29 is 9.59 Å². The van der Waals surface area contributed by atoms with Crippen LogP contribution in [0.2, 0.25) is 0 Å². The zero-order valence-electron chi connectivity index (χ0n) is 16.1. The molecule has 8 heteroatoms. The monoisotopic (exact) mass is 388 g/mol. The van der Waals surface area contributed by atoms with Crippen molar-refractivity contribution >= 4 is 18.2 Å². The first-order valence-corrected chi connectivity index (χ1v) is 9.28. The molecule has 0 bridgehead atoms. The minimum Gasteiger partial charge on any atom is -0.322 e. The molecule has 146 valence electrons. The van der Waals surface area contributed by atoms with Crippen LogP contribution in [-0.4, -0.2) is 43.5 Å². The number of imide groups is 1. The fourth-order valence-corrected chi connectivity index (χ4v) is 3.05. The lowest BCUT2D eigenvalue weighted by molar-refractivity contribution is -0.130. The molecule has 0 spiro atoms. The summed E-state index contributed by atoms with van der Waals surface area (Å²) in [5, 5.41) is 12.4. The van der Waals surface area contributed by atoms with Gasteiger partial charge in [0.2, 0.25) is 0 Å². The molecule has 1 N–H and O–H groups in total. The Bertz CT molecular complexity index is 1080. The number of pyridine rings is 1. The average molecular weight is 388 g/mol. The molecular weight excluding hydrogens is 368 g/mol. The lowest BCUT2D eigenvalue weighted by Crippen LogP contribution is -2.42. The van der Waals surface area contributed by atoms with Crippen LogP contribution in [0, 0.1) is 0 Å². The van der Waals surface area contributed by atoms with E-state index < -0.39 is 11.6 Å². The van der Waals surface area contributed by atoms with Crippen LogP contribution in [0.3, 0.4) is 0 Å². The van der Waals surface area contributed by atoms with Crippen LogP contribution in [0.1, 0.15) is 25.8 Å². The molecule has 1 aliphatic rings. The maximum atomic E-state index is 12.6. The molecule has 8 nitrogen and oxygen atoms in total. The molecule has 1 saturated heterocycles. The summed E-state index contributed by atoms with van der Waals surface area (Å²) in [5.41, 5.74) is 2.06. The maximum Gasteiger partial charge on any atom is 0.346 e. The van der Waals surface area contributed by atoms with Gasteiger partial charge in [-0.2, -0.15) is 10.2 Å². The van der Waals surface area contributed by atoms with Gasteiger partial charge in [0.1, 0.15) is 11.2 Å². The van der Waals surface area contributed by atoms with Gasteiger partial charge in [0, 0.05) is 29.7 Å². The maximum absolute atomic E-state index is 12.6. The van der Waals surface area contributed by atoms with Crippen LogP contribution in [0.4, 0.5) is 4.79 Å². The van der Waals surface area contributed by atoms with E-state index >= 15 is 0 Å². The highest BCUT2D eigenvalue weighted by molar-refractivity contribution is 6.07. The summed E-state index contributed by atoms with van der Waals surface area (Å²) in [5.74, 6) is -0.375. The molecule has 0 saturated carbocycles. The van der Waals surface area contributed by atoms with Crippen LogP contribution >= 0.6 is 0 Å². The highest BCUT2D eigenvalue weighted by Gasteiger charge is 2.46. The summed E-state index contributed by atoms with van der Waals surface area (Å²) in [6.07, 6.45) is 7.16. The quantitative estimate of drug-likeness (QED) is 0.537. The van der Waals surface area contributed by atoms with E-state index in [-0.39, 0.29) is 5.91 Å². The fourth-order valence-electron chi connectivity index (χ4n) is 3.05. The van der Waals surface area contributed by atoms with E-state index in [0.29, 0.717) is 17.7 Å². The van der Waals surface area contributed by atoms with Crippen LogP contribution < -0.4 is 5.32 Å². The first-order chi connectivity index (χ1) is 14.0. The Morgan fingerprint density at radius 1 is 1.17 bits per heavy atom. The van der Waals surface area contributed by atoms with E-state index in [1.54, 1.807) is 30.2 Å². The van der Waals surface area contributed by atoms with Gasteiger partial charge in [-0.05, 0) is 37.6 Å². The van der Waals surface area contributed by atoms with E-state index in [4.69, 9.17) is 0 Å². The zero-order chi connectivity index (χ0) is 20.4. The molecule has 29 heavy (non-hydrogen) atoms. The number of hydrogen-bond donors (Lipinski definition) is 1. The molecular formula is C21H20N6O2. The molecule has 1 aromatic carbocycles. The number of carbonyl (C=O) groups excluding carboxylic acids is 2. The summed E-state index contributed by atoms with van der Waals surface area (Å²) in [4.78, 5) is 28.9. The van der Waals surface area contributed by atoms with Crippen molar-refractivity contribution in [2.24, 2.45) is 5.10 Å². The average Bonchev–Trinajstić information content (AvgIpc) is 3.27. The van der Waals surface area contributed by atoms with Gasteiger partial charge in [0.25, 0.3) is 5.91 Å². The number of benzene rings is 1. The van der Waals surface area contributed by atoms with E-state index in [9.17, 15) is 9.59 Å². The molecule has 4 rings (SSSR count). The van der Waals surface area contributed by atoms with Gasteiger partial charge in [-0.1, -0.05) is 25.1 Å². The van der Waals surface area contributed by atoms with E-state index in [1.807, 2.05) is 49.4 Å². The Balaban J connectivity index is 1.73. The summed E-state index contributed by atoms with van der Waals surface area (Å²) in [7, 11) is 0. The van der Waals surface area contributed by atoms with Gasteiger partial charge in [0.15, 0.2) is 0 Å². The molecule has 1 aliphatic heterocycles. The Kier molecular flexibility index (Phi) is 4.67. The smallest absolute Gasteiger partial charge is 0.322 e. The Morgan fingerprint density at radius 3 is 2.62 bits per heavy atom. The number of carbonyl (C=O) groups is 2. The Morgan fingerprint density at radius 2 is 1.97 bits per heavy atom. The SMILES string of the molecule is CCC1(C)NC(=O)N(N=Cc2cn(-c3ccccc3)nc2-c2cccnc2)C1=O. The molecule has 1 atom stereocenters.